The lowest BCUT2D eigenvalue weighted by atomic mass is 10.0. The summed E-state index contributed by atoms with van der Waals surface area (Å²) in [5.74, 6) is 1.83. The molecule has 2 rings (SSSR count). The van der Waals surface area contributed by atoms with Crippen LogP contribution in [-0.2, 0) is 6.42 Å². The molecule has 2 unspecified atom stereocenters. The molecule has 17 heavy (non-hydrogen) atoms. The molecule has 2 nitrogen and oxygen atoms in total. The van der Waals surface area contributed by atoms with E-state index in [9.17, 15) is 0 Å². The van der Waals surface area contributed by atoms with Gasteiger partial charge in [-0.1, -0.05) is 13.0 Å². The van der Waals surface area contributed by atoms with E-state index >= 15 is 0 Å². The molecule has 1 aliphatic carbocycles. The van der Waals surface area contributed by atoms with Crippen molar-refractivity contribution in [2.75, 3.05) is 25.0 Å². The zero-order valence-corrected chi connectivity index (χ0v) is 11.2. The van der Waals surface area contributed by atoms with Crippen LogP contribution in [0.2, 0.25) is 0 Å². The van der Waals surface area contributed by atoms with Gasteiger partial charge in [0.25, 0.3) is 0 Å². The van der Waals surface area contributed by atoms with Crippen molar-refractivity contribution in [3.05, 3.63) is 29.3 Å². The molecule has 2 atom stereocenters. The van der Waals surface area contributed by atoms with Gasteiger partial charge in [-0.15, -0.1) is 0 Å². The molecule has 0 aliphatic heterocycles. The van der Waals surface area contributed by atoms with E-state index < -0.39 is 0 Å². The van der Waals surface area contributed by atoms with Gasteiger partial charge in [-0.05, 0) is 61.4 Å². The minimum absolute atomic E-state index is 0.732. The number of nitrogens with two attached hydrogens (primary N) is 1. The molecule has 0 spiro atoms. The number of rotatable bonds is 5. The second kappa shape index (κ2) is 5.09. The summed E-state index contributed by atoms with van der Waals surface area (Å²) < 4.78 is 0. The summed E-state index contributed by atoms with van der Waals surface area (Å²) in [5, 5.41) is 0. The van der Waals surface area contributed by atoms with Crippen molar-refractivity contribution in [3.8, 4) is 0 Å². The fraction of sp³-hybridized carbons (Fsp3) is 0.600. The van der Waals surface area contributed by atoms with E-state index in [1.807, 2.05) is 0 Å². The third-order valence-electron chi connectivity index (χ3n) is 3.97. The Morgan fingerprint density at radius 2 is 2.12 bits per heavy atom. The molecule has 2 N–H and O–H groups in total. The number of benzene rings is 1. The molecule has 0 radical (unpaired) electrons. The highest BCUT2D eigenvalue weighted by molar-refractivity contribution is 5.50. The van der Waals surface area contributed by atoms with Gasteiger partial charge in [0.15, 0.2) is 0 Å². The van der Waals surface area contributed by atoms with Gasteiger partial charge in [-0.25, -0.2) is 0 Å². The maximum atomic E-state index is 5.61. The van der Waals surface area contributed by atoms with Gasteiger partial charge in [0.1, 0.15) is 0 Å². The number of aryl methyl sites for hydroxylation is 1. The Hall–Kier alpha value is -1.02. The predicted molar refractivity (Wildman–Crippen MR) is 74.5 cm³/mol. The molecule has 0 aromatic heterocycles. The fourth-order valence-electron chi connectivity index (χ4n) is 2.46. The van der Waals surface area contributed by atoms with Crippen LogP contribution < -0.4 is 10.6 Å². The van der Waals surface area contributed by atoms with Gasteiger partial charge in [-0.3, -0.25) is 0 Å². The maximum absolute atomic E-state index is 5.61. The van der Waals surface area contributed by atoms with Crippen LogP contribution in [0.4, 0.5) is 5.69 Å². The number of hydrogen-bond donors (Lipinski definition) is 1. The summed E-state index contributed by atoms with van der Waals surface area (Å²) >= 11 is 0. The minimum Gasteiger partial charge on any atom is -0.374 e. The van der Waals surface area contributed by atoms with Gasteiger partial charge in [-0.2, -0.15) is 0 Å². The fourth-order valence-corrected chi connectivity index (χ4v) is 2.46. The van der Waals surface area contributed by atoms with E-state index in [-0.39, 0.29) is 0 Å². The van der Waals surface area contributed by atoms with E-state index in [0.717, 1.165) is 24.8 Å². The number of anilines is 1. The van der Waals surface area contributed by atoms with E-state index in [1.54, 1.807) is 0 Å². The number of nitrogens with zero attached hydrogens (tertiary/aromatic N) is 1. The topological polar surface area (TPSA) is 29.3 Å². The van der Waals surface area contributed by atoms with Crippen molar-refractivity contribution >= 4 is 5.69 Å². The highest BCUT2D eigenvalue weighted by Gasteiger charge is 2.33. The van der Waals surface area contributed by atoms with E-state index in [1.165, 1.54) is 29.8 Å². The van der Waals surface area contributed by atoms with Crippen LogP contribution in [-0.4, -0.2) is 20.1 Å². The lowest BCUT2D eigenvalue weighted by molar-refractivity contribution is 0.725. The Labute approximate surface area is 105 Å². The molecule has 0 heterocycles. The highest BCUT2D eigenvalue weighted by Crippen LogP contribution is 2.38. The third kappa shape index (κ3) is 3.01. The first-order chi connectivity index (χ1) is 8.11. The molecule has 1 aromatic carbocycles. The Morgan fingerprint density at radius 3 is 2.65 bits per heavy atom. The van der Waals surface area contributed by atoms with Crippen molar-refractivity contribution in [1.82, 2.24) is 0 Å². The van der Waals surface area contributed by atoms with Crippen molar-refractivity contribution in [2.45, 2.75) is 26.7 Å². The van der Waals surface area contributed by atoms with Crippen LogP contribution in [0.3, 0.4) is 0 Å². The molecule has 1 saturated carbocycles. The zero-order chi connectivity index (χ0) is 12.4. The van der Waals surface area contributed by atoms with Crippen LogP contribution in [0, 0.1) is 18.8 Å². The van der Waals surface area contributed by atoms with Gasteiger partial charge in [0.05, 0.1) is 0 Å². The summed E-state index contributed by atoms with van der Waals surface area (Å²) in [6.45, 7) is 6.45. The zero-order valence-electron chi connectivity index (χ0n) is 11.2. The van der Waals surface area contributed by atoms with Crippen molar-refractivity contribution < 1.29 is 0 Å². The van der Waals surface area contributed by atoms with E-state index in [4.69, 9.17) is 5.73 Å². The molecule has 0 saturated heterocycles. The lowest BCUT2D eigenvalue weighted by Gasteiger charge is -2.20. The van der Waals surface area contributed by atoms with Crippen LogP contribution in [0.25, 0.3) is 0 Å². The van der Waals surface area contributed by atoms with Crippen LogP contribution >= 0.6 is 0 Å². The second-order valence-corrected chi connectivity index (χ2v) is 5.50. The predicted octanol–water partition coefficient (Wildman–Crippen LogP) is 2.59. The molecule has 1 fully saturated rings. The van der Waals surface area contributed by atoms with E-state index in [2.05, 4.69) is 44.0 Å². The average Bonchev–Trinajstić information content (AvgIpc) is 2.97. The highest BCUT2D eigenvalue weighted by atomic mass is 15.1. The Morgan fingerprint density at radius 1 is 1.41 bits per heavy atom. The Bertz CT molecular complexity index is 387. The first kappa shape index (κ1) is 12.4. The first-order valence-electron chi connectivity index (χ1n) is 6.62. The number of hydrogen-bond acceptors (Lipinski definition) is 2. The monoisotopic (exact) mass is 232 g/mol. The second-order valence-electron chi connectivity index (χ2n) is 5.50. The maximum Gasteiger partial charge on any atom is 0.0366 e. The summed E-state index contributed by atoms with van der Waals surface area (Å²) in [7, 11) is 2.20. The van der Waals surface area contributed by atoms with Gasteiger partial charge in [0, 0.05) is 19.3 Å². The van der Waals surface area contributed by atoms with Crippen molar-refractivity contribution in [1.29, 1.82) is 0 Å². The largest absolute Gasteiger partial charge is 0.374 e. The minimum atomic E-state index is 0.732. The molecular formula is C15H24N2. The molecule has 1 aromatic rings. The normalized spacial score (nSPS) is 22.6. The van der Waals surface area contributed by atoms with Gasteiger partial charge in [0.2, 0.25) is 0 Å². The molecule has 2 heteroatoms. The molecular weight excluding hydrogens is 208 g/mol. The first-order valence-corrected chi connectivity index (χ1v) is 6.62. The van der Waals surface area contributed by atoms with Gasteiger partial charge >= 0.3 is 0 Å². The molecule has 94 valence electrons. The van der Waals surface area contributed by atoms with Gasteiger partial charge < -0.3 is 10.6 Å². The van der Waals surface area contributed by atoms with Crippen molar-refractivity contribution in [2.24, 2.45) is 17.6 Å². The molecule has 0 amide bonds. The Balaban J connectivity index is 2.02. The average molecular weight is 232 g/mol. The summed E-state index contributed by atoms with van der Waals surface area (Å²) in [5.41, 5.74) is 9.69. The quantitative estimate of drug-likeness (QED) is 0.845. The summed E-state index contributed by atoms with van der Waals surface area (Å²) in [4.78, 5) is 2.38. The SMILES string of the molecule is Cc1cc(N(C)CC2CC2C)ccc1CCN. The standard InChI is InChI=1S/C15H24N2/c1-11-8-14(11)10-17(3)15-5-4-13(6-7-16)12(2)9-15/h4-5,9,11,14H,6-8,10,16H2,1-3H3. The molecule has 0 bridgehead atoms. The lowest BCUT2D eigenvalue weighted by Crippen LogP contribution is -2.20. The summed E-state index contributed by atoms with van der Waals surface area (Å²) in [6, 6.07) is 6.74. The van der Waals surface area contributed by atoms with Crippen LogP contribution in [0.15, 0.2) is 18.2 Å². The van der Waals surface area contributed by atoms with Crippen LogP contribution in [0.5, 0.6) is 0 Å². The smallest absolute Gasteiger partial charge is 0.0366 e. The Kier molecular flexibility index (Phi) is 3.72. The van der Waals surface area contributed by atoms with Crippen LogP contribution in [0.1, 0.15) is 24.5 Å². The molecule has 1 aliphatic rings. The van der Waals surface area contributed by atoms with Crippen molar-refractivity contribution in [3.63, 3.8) is 0 Å². The third-order valence-corrected chi connectivity index (χ3v) is 3.97. The summed E-state index contributed by atoms with van der Waals surface area (Å²) in [6.07, 6.45) is 2.38. The van der Waals surface area contributed by atoms with E-state index in [0.29, 0.717) is 0 Å².